The number of hydrogen-bond acceptors (Lipinski definition) is 3. The van der Waals surface area contributed by atoms with E-state index in [9.17, 15) is 0 Å². The van der Waals surface area contributed by atoms with E-state index in [1.54, 1.807) is 5.57 Å². The predicted octanol–water partition coefficient (Wildman–Crippen LogP) is 8.47. The summed E-state index contributed by atoms with van der Waals surface area (Å²) in [6.07, 6.45) is 12.5. The van der Waals surface area contributed by atoms with E-state index in [2.05, 4.69) is 78.8 Å². The van der Waals surface area contributed by atoms with Gasteiger partial charge in [0.25, 0.3) is 0 Å². The topological polar surface area (TPSA) is 27.7 Å². The first-order chi connectivity index (χ1) is 15.9. The molecule has 0 N–H and O–H groups in total. The van der Waals surface area contributed by atoms with Gasteiger partial charge in [0.2, 0.25) is 0 Å². The molecule has 35 heavy (non-hydrogen) atoms. The first-order valence-corrected chi connectivity index (χ1v) is 24.9. The molecule has 0 amide bonds. The zero-order valence-electron chi connectivity index (χ0n) is 24.9. The molecule has 6 heteroatoms. The average Bonchev–Trinajstić information content (AvgIpc) is 2.99. The van der Waals surface area contributed by atoms with E-state index >= 15 is 0 Å². The van der Waals surface area contributed by atoms with Gasteiger partial charge >= 0.3 is 0 Å². The molecule has 4 aliphatic rings. The fourth-order valence-electron chi connectivity index (χ4n) is 8.68. The molecular weight excluding hydrogens is 481 g/mol. The van der Waals surface area contributed by atoms with Crippen LogP contribution in [0, 0.1) is 34.5 Å². The third kappa shape index (κ3) is 5.68. The van der Waals surface area contributed by atoms with E-state index in [0.29, 0.717) is 23.5 Å². The SMILES string of the molecule is C[C@H]1C[C@H](O[Si](C)(C)C)C=C2CC[C@H]3[C@@H]4CC[C@H](O[Si](C)(C)C)[C@@]4(C)CC[C@@H]3[C@]21CO[Si](C)(C)C. The van der Waals surface area contributed by atoms with Crippen molar-refractivity contribution in [3.05, 3.63) is 11.6 Å². The van der Waals surface area contributed by atoms with Crippen LogP contribution >= 0.6 is 0 Å². The molecule has 4 rings (SSSR count). The zero-order valence-corrected chi connectivity index (χ0v) is 27.9. The van der Waals surface area contributed by atoms with Gasteiger partial charge in [0.1, 0.15) is 0 Å². The fraction of sp³-hybridized carbons (Fsp3) is 0.931. The van der Waals surface area contributed by atoms with Crippen LogP contribution in [-0.2, 0) is 13.3 Å². The second-order valence-electron chi connectivity index (χ2n) is 15.8. The van der Waals surface area contributed by atoms with Gasteiger partial charge in [-0.2, -0.15) is 0 Å². The van der Waals surface area contributed by atoms with E-state index in [1.165, 1.54) is 38.5 Å². The van der Waals surface area contributed by atoms with Crippen molar-refractivity contribution in [1.29, 1.82) is 0 Å². The zero-order chi connectivity index (χ0) is 26.0. The number of rotatable bonds is 7. The molecule has 0 unspecified atom stereocenters. The van der Waals surface area contributed by atoms with Crippen LogP contribution in [0.1, 0.15) is 58.8 Å². The largest absolute Gasteiger partial charge is 0.417 e. The van der Waals surface area contributed by atoms with Gasteiger partial charge in [0.05, 0.1) is 12.2 Å². The molecule has 0 aromatic carbocycles. The molecule has 0 saturated heterocycles. The smallest absolute Gasteiger partial charge is 0.184 e. The fourth-order valence-corrected chi connectivity index (χ4v) is 11.7. The van der Waals surface area contributed by atoms with Crippen LogP contribution in [0.3, 0.4) is 0 Å². The normalized spacial score (nSPS) is 42.2. The van der Waals surface area contributed by atoms with E-state index in [4.69, 9.17) is 13.3 Å². The molecule has 0 bridgehead atoms. The van der Waals surface area contributed by atoms with Gasteiger partial charge in [-0.25, -0.2) is 0 Å². The third-order valence-corrected chi connectivity index (χ3v) is 13.0. The first kappa shape index (κ1) is 28.3. The highest BCUT2D eigenvalue weighted by atomic mass is 28.4. The van der Waals surface area contributed by atoms with Crippen molar-refractivity contribution in [3.63, 3.8) is 0 Å². The maximum Gasteiger partial charge on any atom is 0.184 e. The van der Waals surface area contributed by atoms with Gasteiger partial charge in [-0.1, -0.05) is 25.5 Å². The van der Waals surface area contributed by atoms with Gasteiger partial charge in [-0.15, -0.1) is 0 Å². The van der Waals surface area contributed by atoms with Crippen LogP contribution < -0.4 is 0 Å². The summed E-state index contributed by atoms with van der Waals surface area (Å²) < 4.78 is 20.4. The van der Waals surface area contributed by atoms with Crippen molar-refractivity contribution in [2.24, 2.45) is 34.5 Å². The van der Waals surface area contributed by atoms with Crippen molar-refractivity contribution in [1.82, 2.24) is 0 Å². The minimum atomic E-state index is -1.61. The Bertz CT molecular complexity index is 807. The van der Waals surface area contributed by atoms with Crippen LogP contribution in [0.4, 0.5) is 0 Å². The molecule has 8 atom stereocenters. The van der Waals surface area contributed by atoms with Crippen molar-refractivity contribution < 1.29 is 13.3 Å². The van der Waals surface area contributed by atoms with Crippen molar-refractivity contribution in [2.45, 2.75) is 130 Å². The quantitative estimate of drug-likeness (QED) is 0.241. The Morgan fingerprint density at radius 3 is 2.09 bits per heavy atom. The van der Waals surface area contributed by atoms with Crippen LogP contribution in [-0.4, -0.2) is 43.8 Å². The maximum absolute atomic E-state index is 6.85. The second kappa shape index (κ2) is 9.48. The molecule has 0 radical (unpaired) electrons. The molecule has 0 aromatic rings. The molecule has 3 fully saturated rings. The van der Waals surface area contributed by atoms with Crippen LogP contribution in [0.5, 0.6) is 0 Å². The highest BCUT2D eigenvalue weighted by Gasteiger charge is 2.62. The van der Waals surface area contributed by atoms with Gasteiger partial charge in [0, 0.05) is 12.0 Å². The average molecular weight is 537 g/mol. The lowest BCUT2D eigenvalue weighted by atomic mass is 9.45. The van der Waals surface area contributed by atoms with Crippen molar-refractivity contribution in [3.8, 4) is 0 Å². The van der Waals surface area contributed by atoms with Gasteiger partial charge < -0.3 is 13.3 Å². The maximum atomic E-state index is 6.85. The monoisotopic (exact) mass is 536 g/mol. The van der Waals surface area contributed by atoms with Crippen molar-refractivity contribution >= 4 is 25.0 Å². The number of fused-ring (bicyclic) bond motifs is 5. The van der Waals surface area contributed by atoms with Gasteiger partial charge in [0.15, 0.2) is 25.0 Å². The molecule has 4 aliphatic carbocycles. The summed E-state index contributed by atoms with van der Waals surface area (Å²) in [6.45, 7) is 27.3. The van der Waals surface area contributed by atoms with Crippen molar-refractivity contribution in [2.75, 3.05) is 6.61 Å². The summed E-state index contributed by atoms with van der Waals surface area (Å²) in [5, 5.41) is 0. The molecule has 0 aliphatic heterocycles. The van der Waals surface area contributed by atoms with Crippen LogP contribution in [0.15, 0.2) is 11.6 Å². The summed E-state index contributed by atoms with van der Waals surface area (Å²) >= 11 is 0. The lowest BCUT2D eigenvalue weighted by Crippen LogP contribution is -2.58. The van der Waals surface area contributed by atoms with E-state index in [-0.39, 0.29) is 5.41 Å². The van der Waals surface area contributed by atoms with Gasteiger partial charge in [-0.05, 0) is 133 Å². The van der Waals surface area contributed by atoms with Gasteiger partial charge in [-0.3, -0.25) is 0 Å². The standard InChI is InChI=1S/C29H56O3Si3/c1-21-18-23(31-34(6,7)8)19-22-12-13-24-25-14-15-27(32-35(9,10)11)28(25,2)17-16-26(24)29(21,22)20-30-33(3,4)5/h19,21,23-27H,12-18,20H2,1-11H3/t21-,23-,24-,25-,26-,27-,28-,29-/m0/s1. The Hall–Kier alpha value is 0.271. The molecular formula is C29H56O3Si3. The molecule has 202 valence electrons. The van der Waals surface area contributed by atoms with E-state index in [1.807, 2.05) is 0 Å². The highest BCUT2D eigenvalue weighted by molar-refractivity contribution is 6.70. The Morgan fingerprint density at radius 1 is 0.829 bits per heavy atom. The van der Waals surface area contributed by atoms with Crippen LogP contribution in [0.2, 0.25) is 58.9 Å². The number of hydrogen-bond donors (Lipinski definition) is 0. The highest BCUT2D eigenvalue weighted by Crippen LogP contribution is 2.67. The Kier molecular flexibility index (Phi) is 7.66. The molecule has 0 spiro atoms. The Balaban J connectivity index is 1.67. The molecule has 0 aromatic heterocycles. The summed E-state index contributed by atoms with van der Waals surface area (Å²) in [5.41, 5.74) is 2.28. The molecule has 3 saturated carbocycles. The van der Waals surface area contributed by atoms with E-state index in [0.717, 1.165) is 30.8 Å². The lowest BCUT2D eigenvalue weighted by Gasteiger charge is -2.62. The lowest BCUT2D eigenvalue weighted by molar-refractivity contribution is -0.105. The minimum absolute atomic E-state index is 0.210. The third-order valence-electron chi connectivity index (χ3n) is 9.95. The summed E-state index contributed by atoms with van der Waals surface area (Å²) in [5.74, 6) is 3.01. The second-order valence-corrected chi connectivity index (χ2v) is 29.2. The first-order valence-electron chi connectivity index (χ1n) is 14.7. The Morgan fingerprint density at radius 2 is 1.49 bits per heavy atom. The summed E-state index contributed by atoms with van der Waals surface area (Å²) in [6, 6.07) is 0. The Labute approximate surface area is 220 Å². The minimum Gasteiger partial charge on any atom is -0.417 e. The molecule has 0 heterocycles. The summed E-state index contributed by atoms with van der Waals surface area (Å²) in [4.78, 5) is 0. The van der Waals surface area contributed by atoms with E-state index < -0.39 is 25.0 Å². The molecule has 3 nitrogen and oxygen atoms in total. The predicted molar refractivity (Wildman–Crippen MR) is 156 cm³/mol. The summed E-state index contributed by atoms with van der Waals surface area (Å²) in [7, 11) is -4.72. The van der Waals surface area contributed by atoms with Crippen LogP contribution in [0.25, 0.3) is 0 Å².